The van der Waals surface area contributed by atoms with Gasteiger partial charge in [-0.25, -0.2) is 5.10 Å². The Hall–Kier alpha value is -2.22. The Bertz CT molecular complexity index is 558. The Morgan fingerprint density at radius 2 is 2.26 bits per heavy atom. The van der Waals surface area contributed by atoms with Crippen LogP contribution in [-0.2, 0) is 0 Å². The molecule has 102 valence electrons. The Kier molecular flexibility index (Phi) is 4.24. The molecule has 0 spiro atoms. The molecule has 2 heterocycles. The first-order valence-corrected chi connectivity index (χ1v) is 6.08. The van der Waals surface area contributed by atoms with Crippen LogP contribution in [-0.4, -0.2) is 26.9 Å². The summed E-state index contributed by atoms with van der Waals surface area (Å²) in [5, 5.41) is 20.0. The van der Waals surface area contributed by atoms with Gasteiger partial charge in [0.15, 0.2) is 5.82 Å². The fourth-order valence-electron chi connectivity index (χ4n) is 1.43. The van der Waals surface area contributed by atoms with E-state index in [4.69, 9.17) is 4.42 Å². The molecule has 3 N–H and O–H groups in total. The lowest BCUT2D eigenvalue weighted by atomic mass is 10.3. The summed E-state index contributed by atoms with van der Waals surface area (Å²) in [5.41, 5.74) is -0.269. The van der Waals surface area contributed by atoms with E-state index < -0.39 is 0 Å². The summed E-state index contributed by atoms with van der Waals surface area (Å²) >= 11 is 0. The molecule has 0 aliphatic heterocycles. The lowest BCUT2D eigenvalue weighted by Gasteiger charge is -2.07. The van der Waals surface area contributed by atoms with E-state index in [-0.39, 0.29) is 17.6 Å². The van der Waals surface area contributed by atoms with Crippen molar-refractivity contribution in [2.75, 3.05) is 11.9 Å². The Balaban J connectivity index is 2.00. The fourth-order valence-corrected chi connectivity index (χ4v) is 1.43. The number of nitrogens with one attached hydrogen (secondary N) is 3. The molecule has 0 saturated carbocycles. The van der Waals surface area contributed by atoms with Gasteiger partial charge in [-0.1, -0.05) is 12.0 Å². The van der Waals surface area contributed by atoms with Crippen molar-refractivity contribution < 1.29 is 4.42 Å². The van der Waals surface area contributed by atoms with Crippen molar-refractivity contribution in [2.45, 2.75) is 26.3 Å². The van der Waals surface area contributed by atoms with E-state index in [1.165, 1.54) is 12.1 Å². The summed E-state index contributed by atoms with van der Waals surface area (Å²) in [7, 11) is 0. The molecule has 0 aliphatic carbocycles. The van der Waals surface area contributed by atoms with Crippen molar-refractivity contribution in [1.82, 2.24) is 25.7 Å². The van der Waals surface area contributed by atoms with Gasteiger partial charge in [0, 0.05) is 6.07 Å². The first-order chi connectivity index (χ1) is 9.19. The molecule has 19 heavy (non-hydrogen) atoms. The molecule has 0 aliphatic rings. The summed E-state index contributed by atoms with van der Waals surface area (Å²) in [4.78, 5) is 10.9. The maximum absolute atomic E-state index is 10.9. The Labute approximate surface area is 109 Å². The van der Waals surface area contributed by atoms with E-state index in [1.807, 2.05) is 6.92 Å². The van der Waals surface area contributed by atoms with Gasteiger partial charge in [0.1, 0.15) is 0 Å². The molecule has 0 aromatic carbocycles. The highest BCUT2D eigenvalue weighted by molar-refractivity contribution is 5.43. The van der Waals surface area contributed by atoms with E-state index in [1.54, 1.807) is 0 Å². The standard InChI is InChI=1S/C11H16N6O2/c1-3-6-12-7(2)10-16-17-11(19-10)13-8-4-5-9(18)15-14-8/h4-5,7,12H,3,6H2,1-2H3,(H,15,18)(H,13,14,17). The maximum atomic E-state index is 10.9. The number of aromatic amines is 1. The highest BCUT2D eigenvalue weighted by atomic mass is 16.4. The second kappa shape index (κ2) is 6.10. The zero-order valence-corrected chi connectivity index (χ0v) is 10.8. The summed E-state index contributed by atoms with van der Waals surface area (Å²) in [6, 6.07) is 3.12. The lowest BCUT2D eigenvalue weighted by Crippen LogP contribution is -2.19. The summed E-state index contributed by atoms with van der Waals surface area (Å²) in [5.74, 6) is 0.935. The first-order valence-electron chi connectivity index (χ1n) is 6.08. The van der Waals surface area contributed by atoms with Gasteiger partial charge in [0.2, 0.25) is 5.89 Å². The molecule has 2 rings (SSSR count). The third kappa shape index (κ3) is 3.62. The van der Waals surface area contributed by atoms with E-state index in [0.717, 1.165) is 13.0 Å². The molecule has 2 aromatic heterocycles. The number of aromatic nitrogens is 4. The molecule has 0 fully saturated rings. The summed E-state index contributed by atoms with van der Waals surface area (Å²) in [6.45, 7) is 4.92. The van der Waals surface area contributed by atoms with E-state index in [0.29, 0.717) is 11.7 Å². The average Bonchev–Trinajstić information content (AvgIpc) is 2.87. The van der Waals surface area contributed by atoms with Gasteiger partial charge in [0.05, 0.1) is 6.04 Å². The molecule has 1 atom stereocenters. The zero-order valence-electron chi connectivity index (χ0n) is 10.8. The Morgan fingerprint density at radius 3 is 2.95 bits per heavy atom. The highest BCUT2D eigenvalue weighted by Crippen LogP contribution is 2.16. The van der Waals surface area contributed by atoms with Crippen molar-refractivity contribution >= 4 is 11.8 Å². The number of hydrogen-bond donors (Lipinski definition) is 3. The van der Waals surface area contributed by atoms with Gasteiger partial charge in [0.25, 0.3) is 5.56 Å². The SMILES string of the molecule is CCCNC(C)c1nnc(Nc2ccc(=O)[nH]n2)o1. The van der Waals surface area contributed by atoms with Crippen molar-refractivity contribution in [3.63, 3.8) is 0 Å². The van der Waals surface area contributed by atoms with Crippen LogP contribution in [0.2, 0.25) is 0 Å². The second-order valence-electron chi connectivity index (χ2n) is 4.05. The third-order valence-corrected chi connectivity index (χ3v) is 2.43. The predicted molar refractivity (Wildman–Crippen MR) is 69.1 cm³/mol. The molecule has 1 unspecified atom stereocenters. The van der Waals surface area contributed by atoms with Gasteiger partial charge < -0.3 is 9.73 Å². The quantitative estimate of drug-likeness (QED) is 0.712. The predicted octanol–water partition coefficient (Wildman–Crippen LogP) is 0.957. The zero-order chi connectivity index (χ0) is 13.7. The van der Waals surface area contributed by atoms with Crippen molar-refractivity contribution in [3.8, 4) is 0 Å². The largest absolute Gasteiger partial charge is 0.406 e. The van der Waals surface area contributed by atoms with Crippen molar-refractivity contribution in [2.24, 2.45) is 0 Å². The smallest absolute Gasteiger partial charge is 0.321 e. The van der Waals surface area contributed by atoms with E-state index in [2.05, 4.69) is 38.0 Å². The summed E-state index contributed by atoms with van der Waals surface area (Å²) < 4.78 is 5.45. The van der Waals surface area contributed by atoms with E-state index in [9.17, 15) is 4.79 Å². The van der Waals surface area contributed by atoms with Crippen LogP contribution in [0.15, 0.2) is 21.3 Å². The number of anilines is 2. The molecule has 0 amide bonds. The van der Waals surface area contributed by atoms with Crippen LogP contribution < -0.4 is 16.2 Å². The molecule has 8 heteroatoms. The Morgan fingerprint density at radius 1 is 1.42 bits per heavy atom. The minimum atomic E-state index is -0.269. The molecular weight excluding hydrogens is 248 g/mol. The molecule has 0 bridgehead atoms. The topological polar surface area (TPSA) is 109 Å². The number of hydrogen-bond acceptors (Lipinski definition) is 7. The van der Waals surface area contributed by atoms with Crippen LogP contribution >= 0.6 is 0 Å². The normalized spacial score (nSPS) is 12.3. The average molecular weight is 264 g/mol. The van der Waals surface area contributed by atoms with Crippen molar-refractivity contribution in [1.29, 1.82) is 0 Å². The molecular formula is C11H16N6O2. The van der Waals surface area contributed by atoms with Crippen LogP contribution in [0.3, 0.4) is 0 Å². The van der Waals surface area contributed by atoms with E-state index >= 15 is 0 Å². The minimum Gasteiger partial charge on any atom is -0.406 e. The van der Waals surface area contributed by atoms with Crippen LogP contribution in [0.1, 0.15) is 32.2 Å². The monoisotopic (exact) mass is 264 g/mol. The minimum absolute atomic E-state index is 0.00783. The highest BCUT2D eigenvalue weighted by Gasteiger charge is 2.13. The summed E-state index contributed by atoms with van der Waals surface area (Å²) in [6.07, 6.45) is 1.03. The lowest BCUT2D eigenvalue weighted by molar-refractivity contribution is 0.424. The third-order valence-electron chi connectivity index (χ3n) is 2.43. The van der Waals surface area contributed by atoms with Gasteiger partial charge in [-0.3, -0.25) is 10.1 Å². The van der Waals surface area contributed by atoms with Gasteiger partial charge in [-0.05, 0) is 26.0 Å². The van der Waals surface area contributed by atoms with Gasteiger partial charge >= 0.3 is 6.01 Å². The molecule has 0 saturated heterocycles. The van der Waals surface area contributed by atoms with Crippen LogP contribution in [0.5, 0.6) is 0 Å². The number of rotatable bonds is 6. The van der Waals surface area contributed by atoms with Crippen LogP contribution in [0.25, 0.3) is 0 Å². The van der Waals surface area contributed by atoms with Crippen LogP contribution in [0, 0.1) is 0 Å². The number of H-pyrrole nitrogens is 1. The van der Waals surface area contributed by atoms with Gasteiger partial charge in [-0.2, -0.15) is 5.10 Å². The van der Waals surface area contributed by atoms with Crippen LogP contribution in [0.4, 0.5) is 11.8 Å². The molecule has 8 nitrogen and oxygen atoms in total. The fraction of sp³-hybridized carbons (Fsp3) is 0.455. The first kappa shape index (κ1) is 13.2. The number of nitrogens with zero attached hydrogens (tertiary/aromatic N) is 3. The van der Waals surface area contributed by atoms with Crippen molar-refractivity contribution in [3.05, 3.63) is 28.4 Å². The van der Waals surface area contributed by atoms with Gasteiger partial charge in [-0.15, -0.1) is 5.10 Å². The molecule has 2 aromatic rings. The molecule has 0 radical (unpaired) electrons. The maximum Gasteiger partial charge on any atom is 0.321 e. The second-order valence-corrected chi connectivity index (χ2v) is 4.05.